The van der Waals surface area contributed by atoms with E-state index >= 15 is 0 Å². The van der Waals surface area contributed by atoms with E-state index in [1.165, 1.54) is 11.3 Å². The molecule has 0 radical (unpaired) electrons. The standard InChI is InChI=1S/C13H14ClN3OS/c1-15-9-2-4-11(17-8-9)13(18)16-7-6-10-3-5-12(14)19-10/h2-5,8,15H,6-7H2,1H3,(H,16,18). The van der Waals surface area contributed by atoms with Crippen molar-refractivity contribution in [3.63, 3.8) is 0 Å². The van der Waals surface area contributed by atoms with E-state index in [1.54, 1.807) is 12.3 Å². The van der Waals surface area contributed by atoms with Gasteiger partial charge in [-0.15, -0.1) is 11.3 Å². The molecule has 4 nitrogen and oxygen atoms in total. The van der Waals surface area contributed by atoms with Crippen LogP contribution in [0.3, 0.4) is 0 Å². The number of thiophene rings is 1. The van der Waals surface area contributed by atoms with Gasteiger partial charge < -0.3 is 10.6 Å². The zero-order chi connectivity index (χ0) is 13.7. The number of halogens is 1. The summed E-state index contributed by atoms with van der Waals surface area (Å²) in [5, 5.41) is 5.79. The molecule has 0 unspecified atom stereocenters. The summed E-state index contributed by atoms with van der Waals surface area (Å²) in [6.45, 7) is 0.575. The van der Waals surface area contributed by atoms with Crippen LogP contribution in [0.5, 0.6) is 0 Å². The quantitative estimate of drug-likeness (QED) is 0.892. The fourth-order valence-corrected chi connectivity index (χ4v) is 2.64. The van der Waals surface area contributed by atoms with Gasteiger partial charge in [0.2, 0.25) is 0 Å². The van der Waals surface area contributed by atoms with Crippen molar-refractivity contribution in [2.75, 3.05) is 18.9 Å². The Morgan fingerprint density at radius 1 is 1.37 bits per heavy atom. The van der Waals surface area contributed by atoms with E-state index in [1.807, 2.05) is 25.2 Å². The van der Waals surface area contributed by atoms with Gasteiger partial charge in [0.15, 0.2) is 0 Å². The molecule has 2 rings (SSSR count). The van der Waals surface area contributed by atoms with Gasteiger partial charge in [-0.25, -0.2) is 4.98 Å². The molecule has 2 heterocycles. The highest BCUT2D eigenvalue weighted by molar-refractivity contribution is 7.16. The summed E-state index contributed by atoms with van der Waals surface area (Å²) in [4.78, 5) is 17.1. The van der Waals surface area contributed by atoms with Crippen LogP contribution >= 0.6 is 22.9 Å². The lowest BCUT2D eigenvalue weighted by Crippen LogP contribution is -2.26. The molecule has 2 aromatic heterocycles. The van der Waals surface area contributed by atoms with Gasteiger partial charge in [0.05, 0.1) is 16.2 Å². The largest absolute Gasteiger partial charge is 0.387 e. The third-order valence-corrected chi connectivity index (χ3v) is 3.86. The summed E-state index contributed by atoms with van der Waals surface area (Å²) < 4.78 is 0.769. The molecular weight excluding hydrogens is 282 g/mol. The molecule has 0 aliphatic carbocycles. The van der Waals surface area contributed by atoms with E-state index in [9.17, 15) is 4.79 Å². The molecule has 1 amide bonds. The van der Waals surface area contributed by atoms with Crippen LogP contribution in [0.1, 0.15) is 15.4 Å². The van der Waals surface area contributed by atoms with Crippen LogP contribution in [0, 0.1) is 0 Å². The minimum atomic E-state index is -0.162. The Morgan fingerprint density at radius 2 is 2.21 bits per heavy atom. The lowest BCUT2D eigenvalue weighted by atomic mass is 10.3. The second-order valence-electron chi connectivity index (χ2n) is 3.89. The lowest BCUT2D eigenvalue weighted by molar-refractivity contribution is 0.0949. The third kappa shape index (κ3) is 3.94. The Morgan fingerprint density at radius 3 is 2.79 bits per heavy atom. The third-order valence-electron chi connectivity index (χ3n) is 2.57. The van der Waals surface area contributed by atoms with Crippen molar-refractivity contribution in [2.45, 2.75) is 6.42 Å². The van der Waals surface area contributed by atoms with Gasteiger partial charge in [-0.1, -0.05) is 11.6 Å². The van der Waals surface area contributed by atoms with E-state index in [2.05, 4.69) is 15.6 Å². The van der Waals surface area contributed by atoms with Crippen molar-refractivity contribution < 1.29 is 4.79 Å². The highest BCUT2D eigenvalue weighted by Crippen LogP contribution is 2.21. The molecular formula is C13H14ClN3OS. The summed E-state index contributed by atoms with van der Waals surface area (Å²) in [5.74, 6) is -0.162. The number of hydrogen-bond donors (Lipinski definition) is 2. The average Bonchev–Trinajstić information content (AvgIpc) is 2.84. The number of carbonyl (C=O) groups is 1. The maximum Gasteiger partial charge on any atom is 0.269 e. The molecule has 0 fully saturated rings. The fraction of sp³-hybridized carbons (Fsp3) is 0.231. The number of pyridine rings is 1. The Kier molecular flexibility index (Phi) is 4.76. The number of anilines is 1. The normalized spacial score (nSPS) is 10.2. The molecule has 0 aliphatic rings. The summed E-state index contributed by atoms with van der Waals surface area (Å²) >= 11 is 7.37. The molecule has 19 heavy (non-hydrogen) atoms. The zero-order valence-electron chi connectivity index (χ0n) is 10.4. The van der Waals surface area contributed by atoms with Crippen LogP contribution in [-0.2, 0) is 6.42 Å². The van der Waals surface area contributed by atoms with Crippen molar-refractivity contribution in [1.29, 1.82) is 0 Å². The molecule has 0 spiro atoms. The maximum atomic E-state index is 11.8. The van der Waals surface area contributed by atoms with E-state index in [0.717, 1.165) is 21.3 Å². The van der Waals surface area contributed by atoms with E-state index in [-0.39, 0.29) is 5.91 Å². The van der Waals surface area contributed by atoms with E-state index < -0.39 is 0 Å². The highest BCUT2D eigenvalue weighted by Gasteiger charge is 2.06. The molecule has 0 saturated carbocycles. The van der Waals surface area contributed by atoms with Crippen molar-refractivity contribution in [2.24, 2.45) is 0 Å². The number of nitrogens with one attached hydrogen (secondary N) is 2. The van der Waals surface area contributed by atoms with Crippen LogP contribution in [-0.4, -0.2) is 24.5 Å². The second-order valence-corrected chi connectivity index (χ2v) is 5.69. The van der Waals surface area contributed by atoms with Gasteiger partial charge in [0, 0.05) is 18.5 Å². The molecule has 0 saturated heterocycles. The van der Waals surface area contributed by atoms with Gasteiger partial charge in [-0.2, -0.15) is 0 Å². The average molecular weight is 296 g/mol. The Balaban J connectivity index is 1.83. The lowest BCUT2D eigenvalue weighted by Gasteiger charge is -2.04. The molecule has 0 atom stereocenters. The SMILES string of the molecule is CNc1ccc(C(=O)NCCc2ccc(Cl)s2)nc1. The minimum absolute atomic E-state index is 0.162. The summed E-state index contributed by atoms with van der Waals surface area (Å²) in [6, 6.07) is 7.35. The minimum Gasteiger partial charge on any atom is -0.387 e. The summed E-state index contributed by atoms with van der Waals surface area (Å²) in [5.41, 5.74) is 1.30. The first-order valence-corrected chi connectivity index (χ1v) is 7.04. The van der Waals surface area contributed by atoms with Gasteiger partial charge in [0.25, 0.3) is 5.91 Å². The van der Waals surface area contributed by atoms with Crippen LogP contribution in [0.2, 0.25) is 4.34 Å². The zero-order valence-corrected chi connectivity index (χ0v) is 12.0. The smallest absolute Gasteiger partial charge is 0.269 e. The van der Waals surface area contributed by atoms with Crippen LogP contribution < -0.4 is 10.6 Å². The Bertz CT molecular complexity index is 553. The van der Waals surface area contributed by atoms with Crippen LogP contribution in [0.15, 0.2) is 30.5 Å². The first-order chi connectivity index (χ1) is 9.19. The predicted octanol–water partition coefficient (Wildman–Crippen LogP) is 2.81. The van der Waals surface area contributed by atoms with Crippen molar-refractivity contribution in [3.05, 3.63) is 45.4 Å². The van der Waals surface area contributed by atoms with Crippen molar-refractivity contribution in [3.8, 4) is 0 Å². The summed E-state index contributed by atoms with van der Waals surface area (Å²) in [7, 11) is 1.81. The highest BCUT2D eigenvalue weighted by atomic mass is 35.5. The number of aromatic nitrogens is 1. The first-order valence-electron chi connectivity index (χ1n) is 5.85. The predicted molar refractivity (Wildman–Crippen MR) is 79.1 cm³/mol. The van der Waals surface area contributed by atoms with Gasteiger partial charge >= 0.3 is 0 Å². The number of rotatable bonds is 5. The maximum absolute atomic E-state index is 11.8. The van der Waals surface area contributed by atoms with E-state index in [0.29, 0.717) is 12.2 Å². The van der Waals surface area contributed by atoms with Crippen LogP contribution in [0.25, 0.3) is 0 Å². The van der Waals surface area contributed by atoms with Gasteiger partial charge in [0.1, 0.15) is 5.69 Å². The Hall–Kier alpha value is -1.59. The number of nitrogens with zero attached hydrogens (tertiary/aromatic N) is 1. The number of carbonyl (C=O) groups excluding carboxylic acids is 1. The van der Waals surface area contributed by atoms with Crippen molar-refractivity contribution >= 4 is 34.5 Å². The monoisotopic (exact) mass is 295 g/mol. The molecule has 2 aromatic rings. The molecule has 6 heteroatoms. The molecule has 100 valence electrons. The van der Waals surface area contributed by atoms with Crippen molar-refractivity contribution in [1.82, 2.24) is 10.3 Å². The fourth-order valence-electron chi connectivity index (χ4n) is 1.55. The molecule has 0 aliphatic heterocycles. The number of hydrogen-bond acceptors (Lipinski definition) is 4. The molecule has 0 aromatic carbocycles. The summed E-state index contributed by atoms with van der Waals surface area (Å²) in [6.07, 6.45) is 2.41. The molecule has 2 N–H and O–H groups in total. The van der Waals surface area contributed by atoms with Gasteiger partial charge in [-0.05, 0) is 30.7 Å². The van der Waals surface area contributed by atoms with E-state index in [4.69, 9.17) is 11.6 Å². The topological polar surface area (TPSA) is 54.0 Å². The van der Waals surface area contributed by atoms with Crippen LogP contribution in [0.4, 0.5) is 5.69 Å². The first kappa shape index (κ1) is 13.8. The van der Waals surface area contributed by atoms with Gasteiger partial charge in [-0.3, -0.25) is 4.79 Å². The Labute approximate surface area is 120 Å². The number of amides is 1. The second kappa shape index (κ2) is 6.54. The molecule has 0 bridgehead atoms.